The zero-order valence-corrected chi connectivity index (χ0v) is 17.9. The van der Waals surface area contributed by atoms with Crippen LogP contribution < -0.4 is 5.32 Å². The summed E-state index contributed by atoms with van der Waals surface area (Å²) in [5, 5.41) is 2.85. The zero-order chi connectivity index (χ0) is 21.7. The van der Waals surface area contributed by atoms with Crippen LogP contribution in [0.1, 0.15) is 17.5 Å². The van der Waals surface area contributed by atoms with E-state index in [0.717, 1.165) is 22.3 Å². The Morgan fingerprint density at radius 2 is 1.52 bits per heavy atom. The summed E-state index contributed by atoms with van der Waals surface area (Å²) in [6.07, 6.45) is 1.65. The smallest absolute Gasteiger partial charge is 0.228 e. The molecular weight excluding hydrogens is 384 g/mol. The fraction of sp³-hybridized carbons (Fsp3) is 0.259. The number of carbonyl (C=O) groups excluding carboxylic acids is 2. The van der Waals surface area contributed by atoms with Crippen LogP contribution in [0.25, 0.3) is 11.1 Å². The van der Waals surface area contributed by atoms with Gasteiger partial charge in [0.2, 0.25) is 11.8 Å². The van der Waals surface area contributed by atoms with E-state index in [1.807, 2.05) is 59.5 Å². The van der Waals surface area contributed by atoms with Crippen LogP contribution in [0.3, 0.4) is 0 Å². The molecule has 0 aromatic heterocycles. The molecule has 0 bridgehead atoms. The number of amides is 2. The first-order valence-electron chi connectivity index (χ1n) is 10.8. The molecule has 4 rings (SSSR count). The highest BCUT2D eigenvalue weighted by molar-refractivity contribution is 5.86. The maximum absolute atomic E-state index is 13.0. The van der Waals surface area contributed by atoms with Crippen LogP contribution in [0.2, 0.25) is 0 Å². The van der Waals surface area contributed by atoms with Crippen molar-refractivity contribution in [2.24, 2.45) is 5.41 Å². The largest absolute Gasteiger partial charge is 0.359 e. The molecule has 3 aromatic carbocycles. The predicted octanol–water partition coefficient (Wildman–Crippen LogP) is 4.10. The molecule has 1 aliphatic rings. The zero-order valence-electron chi connectivity index (χ0n) is 17.9. The van der Waals surface area contributed by atoms with Crippen molar-refractivity contribution in [3.05, 3.63) is 96.1 Å². The molecule has 158 valence electrons. The van der Waals surface area contributed by atoms with Gasteiger partial charge in [0.05, 0.1) is 11.8 Å². The summed E-state index contributed by atoms with van der Waals surface area (Å²) in [4.78, 5) is 27.7. The van der Waals surface area contributed by atoms with E-state index < -0.39 is 5.41 Å². The fourth-order valence-electron chi connectivity index (χ4n) is 4.52. The minimum atomic E-state index is -0.601. The number of carbonyl (C=O) groups is 2. The molecule has 1 fully saturated rings. The minimum absolute atomic E-state index is 0.00706. The molecule has 2 amide bonds. The summed E-state index contributed by atoms with van der Waals surface area (Å²) in [6.45, 7) is 1.06. The van der Waals surface area contributed by atoms with Crippen LogP contribution in [0.5, 0.6) is 0 Å². The molecule has 1 N–H and O–H groups in total. The lowest BCUT2D eigenvalue weighted by Gasteiger charge is -2.28. The van der Waals surface area contributed by atoms with Crippen LogP contribution in [-0.2, 0) is 22.4 Å². The molecule has 1 aliphatic heterocycles. The van der Waals surface area contributed by atoms with Gasteiger partial charge in [-0.05, 0) is 35.1 Å². The van der Waals surface area contributed by atoms with E-state index >= 15 is 0 Å². The fourth-order valence-corrected chi connectivity index (χ4v) is 4.52. The summed E-state index contributed by atoms with van der Waals surface area (Å²) in [7, 11) is 1.68. The number of likely N-dealkylation sites (tertiary alicyclic amines) is 1. The first kappa shape index (κ1) is 20.9. The first-order chi connectivity index (χ1) is 15.1. The van der Waals surface area contributed by atoms with E-state index in [1.165, 1.54) is 0 Å². The summed E-state index contributed by atoms with van der Waals surface area (Å²) in [5.74, 6) is 0.0858. The third kappa shape index (κ3) is 4.69. The van der Waals surface area contributed by atoms with Crippen LogP contribution in [-0.4, -0.2) is 36.9 Å². The van der Waals surface area contributed by atoms with Gasteiger partial charge >= 0.3 is 0 Å². The number of nitrogens with one attached hydrogen (secondary N) is 1. The van der Waals surface area contributed by atoms with Gasteiger partial charge in [0.1, 0.15) is 0 Å². The number of hydrogen-bond acceptors (Lipinski definition) is 2. The Morgan fingerprint density at radius 1 is 0.871 bits per heavy atom. The number of hydrogen-bond donors (Lipinski definition) is 1. The van der Waals surface area contributed by atoms with Crippen molar-refractivity contribution < 1.29 is 9.59 Å². The van der Waals surface area contributed by atoms with E-state index in [2.05, 4.69) is 35.6 Å². The van der Waals surface area contributed by atoms with Crippen LogP contribution >= 0.6 is 0 Å². The number of rotatable bonds is 6. The first-order valence-corrected chi connectivity index (χ1v) is 10.8. The predicted molar refractivity (Wildman–Crippen MR) is 123 cm³/mol. The maximum atomic E-state index is 13.0. The van der Waals surface area contributed by atoms with Crippen molar-refractivity contribution in [1.29, 1.82) is 0 Å². The number of benzene rings is 3. The van der Waals surface area contributed by atoms with Crippen molar-refractivity contribution in [3.8, 4) is 11.1 Å². The average Bonchev–Trinajstić information content (AvgIpc) is 3.25. The van der Waals surface area contributed by atoms with Gasteiger partial charge in [-0.3, -0.25) is 9.59 Å². The van der Waals surface area contributed by atoms with Crippen molar-refractivity contribution in [3.63, 3.8) is 0 Å². The summed E-state index contributed by atoms with van der Waals surface area (Å²) < 4.78 is 0. The molecule has 0 spiro atoms. The second-order valence-corrected chi connectivity index (χ2v) is 8.33. The van der Waals surface area contributed by atoms with Gasteiger partial charge in [0, 0.05) is 20.1 Å². The third-order valence-corrected chi connectivity index (χ3v) is 6.19. The Balaban J connectivity index is 1.53. The molecule has 3 aromatic rings. The molecule has 1 heterocycles. The van der Waals surface area contributed by atoms with E-state index in [1.54, 1.807) is 7.05 Å². The quantitative estimate of drug-likeness (QED) is 0.663. The van der Waals surface area contributed by atoms with Gasteiger partial charge in [-0.2, -0.15) is 0 Å². The topological polar surface area (TPSA) is 49.4 Å². The standard InChI is InChI=1S/C27H28N2O2/c1-28-26(31)27(15-16-29(20-27)25(30)18-21-9-4-2-5-10-21)19-22-11-8-14-24(17-22)23-12-6-3-7-13-23/h2-14,17H,15-16,18-20H2,1H3,(H,28,31)/t27-/m0/s1. The lowest BCUT2D eigenvalue weighted by Crippen LogP contribution is -2.44. The van der Waals surface area contributed by atoms with Crippen molar-refractivity contribution >= 4 is 11.8 Å². The summed E-state index contributed by atoms with van der Waals surface area (Å²) in [6, 6.07) is 28.4. The van der Waals surface area contributed by atoms with Gasteiger partial charge in [-0.1, -0.05) is 84.9 Å². The maximum Gasteiger partial charge on any atom is 0.228 e. The van der Waals surface area contributed by atoms with E-state index in [0.29, 0.717) is 32.4 Å². The molecule has 0 unspecified atom stereocenters. The average molecular weight is 413 g/mol. The molecular formula is C27H28N2O2. The van der Waals surface area contributed by atoms with Gasteiger partial charge in [-0.25, -0.2) is 0 Å². The van der Waals surface area contributed by atoms with E-state index in [-0.39, 0.29) is 11.8 Å². The van der Waals surface area contributed by atoms with Crippen molar-refractivity contribution in [2.45, 2.75) is 19.3 Å². The van der Waals surface area contributed by atoms with Gasteiger partial charge in [0.15, 0.2) is 0 Å². The van der Waals surface area contributed by atoms with Gasteiger partial charge < -0.3 is 10.2 Å². The SMILES string of the molecule is CNC(=O)[C@]1(Cc2cccc(-c3ccccc3)c2)CCN(C(=O)Cc2ccccc2)C1. The molecule has 31 heavy (non-hydrogen) atoms. The second kappa shape index (κ2) is 9.17. The molecule has 1 saturated heterocycles. The van der Waals surface area contributed by atoms with Gasteiger partial charge in [0.25, 0.3) is 0 Å². The highest BCUT2D eigenvalue weighted by atomic mass is 16.2. The van der Waals surface area contributed by atoms with Gasteiger partial charge in [-0.15, -0.1) is 0 Å². The molecule has 4 nitrogen and oxygen atoms in total. The Bertz CT molecular complexity index is 1050. The van der Waals surface area contributed by atoms with E-state index in [4.69, 9.17) is 0 Å². The highest BCUT2D eigenvalue weighted by Crippen LogP contribution is 2.36. The van der Waals surface area contributed by atoms with E-state index in [9.17, 15) is 9.59 Å². The van der Waals surface area contributed by atoms with Crippen LogP contribution in [0, 0.1) is 5.41 Å². The molecule has 0 saturated carbocycles. The lowest BCUT2D eigenvalue weighted by molar-refractivity contribution is -0.132. The molecule has 4 heteroatoms. The third-order valence-electron chi connectivity index (χ3n) is 6.19. The molecule has 0 radical (unpaired) electrons. The molecule has 0 aliphatic carbocycles. The van der Waals surface area contributed by atoms with Crippen molar-refractivity contribution in [1.82, 2.24) is 10.2 Å². The Labute approximate surface area is 183 Å². The normalized spacial score (nSPS) is 18.0. The minimum Gasteiger partial charge on any atom is -0.359 e. The highest BCUT2D eigenvalue weighted by Gasteiger charge is 2.45. The van der Waals surface area contributed by atoms with Crippen LogP contribution in [0.15, 0.2) is 84.9 Å². The Kier molecular flexibility index (Phi) is 6.17. The lowest BCUT2D eigenvalue weighted by atomic mass is 9.79. The number of nitrogens with zero attached hydrogens (tertiary/aromatic N) is 1. The Morgan fingerprint density at radius 3 is 2.23 bits per heavy atom. The summed E-state index contributed by atoms with van der Waals surface area (Å²) >= 11 is 0. The summed E-state index contributed by atoms with van der Waals surface area (Å²) in [5.41, 5.74) is 3.81. The van der Waals surface area contributed by atoms with Crippen molar-refractivity contribution in [2.75, 3.05) is 20.1 Å². The Hall–Kier alpha value is -3.40. The monoisotopic (exact) mass is 412 g/mol. The second-order valence-electron chi connectivity index (χ2n) is 8.33. The molecule has 1 atom stereocenters. The van der Waals surface area contributed by atoms with Crippen LogP contribution in [0.4, 0.5) is 0 Å².